The largest absolute Gasteiger partial charge is 0.416 e. The first-order chi connectivity index (χ1) is 14.5. The minimum atomic E-state index is -0.469. The zero-order valence-electron chi connectivity index (χ0n) is 17.0. The van der Waals surface area contributed by atoms with Crippen molar-refractivity contribution < 1.29 is 9.21 Å². The van der Waals surface area contributed by atoms with E-state index in [2.05, 4.69) is 15.2 Å². The van der Waals surface area contributed by atoms with Crippen LogP contribution in [0.5, 0.6) is 0 Å². The second kappa shape index (κ2) is 8.93. The molecule has 1 atom stereocenters. The average molecular weight is 436 g/mol. The lowest BCUT2D eigenvalue weighted by Gasteiger charge is -2.14. The fraction of sp³-hybridized carbons (Fsp3) is 0.217. The number of carbonyl (C=O) groups is 1. The maximum absolute atomic E-state index is 13.3. The minimum absolute atomic E-state index is 0.0127. The average Bonchev–Trinajstić information content (AvgIpc) is 3.36. The first kappa shape index (κ1) is 20.5. The van der Waals surface area contributed by atoms with E-state index in [1.54, 1.807) is 11.3 Å². The lowest BCUT2D eigenvalue weighted by atomic mass is 10.0. The number of Topliss-reactive ketones (excluding diaryl/α,β-unsaturated/α-hetero) is 1. The van der Waals surface area contributed by atoms with E-state index in [1.807, 2.05) is 74.7 Å². The van der Waals surface area contributed by atoms with Crippen LogP contribution in [0.2, 0.25) is 0 Å². The van der Waals surface area contributed by atoms with Crippen molar-refractivity contribution in [3.05, 3.63) is 92.8 Å². The van der Waals surface area contributed by atoms with Gasteiger partial charge in [0.2, 0.25) is 5.89 Å². The topological polar surface area (TPSA) is 68.9 Å². The smallest absolute Gasteiger partial charge is 0.277 e. The number of nitrogens with zero attached hydrogens (tertiary/aromatic N) is 3. The third-order valence-corrected chi connectivity index (χ3v) is 6.53. The van der Waals surface area contributed by atoms with Crippen LogP contribution in [0.1, 0.15) is 48.9 Å². The molecule has 0 bridgehead atoms. The van der Waals surface area contributed by atoms with Crippen molar-refractivity contribution in [2.75, 3.05) is 0 Å². The molecule has 2 heterocycles. The van der Waals surface area contributed by atoms with E-state index in [-0.39, 0.29) is 5.78 Å². The molecule has 0 aliphatic carbocycles. The van der Waals surface area contributed by atoms with Gasteiger partial charge in [-0.2, -0.15) is 0 Å². The molecule has 4 aromatic rings. The standard InChI is InChI=1S/C23H21N3O2S2/c1-14-4-8-17(9-5-14)21(27)22(18-10-6-15(2)7-11-18)30-23-26-25-20(28-23)12-19-13-29-16(3)24-19/h4-11,13,22H,12H2,1-3H3/t22-/m1/s1. The van der Waals surface area contributed by atoms with Gasteiger partial charge in [-0.3, -0.25) is 4.79 Å². The first-order valence-corrected chi connectivity index (χ1v) is 11.3. The lowest BCUT2D eigenvalue weighted by molar-refractivity contribution is 0.0989. The summed E-state index contributed by atoms with van der Waals surface area (Å²) in [5.41, 5.74) is 4.74. The molecular formula is C23H21N3O2S2. The molecular weight excluding hydrogens is 414 g/mol. The molecule has 0 aliphatic heterocycles. The molecule has 2 aromatic heterocycles. The molecule has 0 saturated carbocycles. The SMILES string of the molecule is Cc1ccc(C(=O)[C@H](Sc2nnc(Cc3csc(C)n3)o2)c2ccc(C)cc2)cc1. The number of hydrogen-bond donors (Lipinski definition) is 0. The highest BCUT2D eigenvalue weighted by Crippen LogP contribution is 2.37. The number of thiazole rings is 1. The van der Waals surface area contributed by atoms with Crippen molar-refractivity contribution >= 4 is 28.9 Å². The van der Waals surface area contributed by atoms with Crippen LogP contribution in [0.15, 0.2) is 63.6 Å². The van der Waals surface area contributed by atoms with Gasteiger partial charge in [0.05, 0.1) is 17.1 Å². The van der Waals surface area contributed by atoms with Crippen molar-refractivity contribution in [2.24, 2.45) is 0 Å². The lowest BCUT2D eigenvalue weighted by Crippen LogP contribution is -2.10. The number of ketones is 1. The van der Waals surface area contributed by atoms with Crippen molar-refractivity contribution in [1.29, 1.82) is 0 Å². The summed E-state index contributed by atoms with van der Waals surface area (Å²) < 4.78 is 5.83. The number of aromatic nitrogens is 3. The van der Waals surface area contributed by atoms with Crippen molar-refractivity contribution in [3.63, 3.8) is 0 Å². The van der Waals surface area contributed by atoms with Gasteiger partial charge in [-0.15, -0.1) is 21.5 Å². The van der Waals surface area contributed by atoms with E-state index in [0.29, 0.717) is 23.1 Å². The summed E-state index contributed by atoms with van der Waals surface area (Å²) in [6.07, 6.45) is 0.485. The highest BCUT2D eigenvalue weighted by molar-refractivity contribution is 8.00. The molecule has 0 spiro atoms. The fourth-order valence-electron chi connectivity index (χ4n) is 2.99. The third kappa shape index (κ3) is 4.86. The summed E-state index contributed by atoms with van der Waals surface area (Å²) in [4.78, 5) is 17.8. The van der Waals surface area contributed by atoms with E-state index >= 15 is 0 Å². The van der Waals surface area contributed by atoms with Gasteiger partial charge in [0.1, 0.15) is 5.25 Å². The third-order valence-electron chi connectivity index (χ3n) is 4.62. The maximum atomic E-state index is 13.3. The van der Waals surface area contributed by atoms with Gasteiger partial charge in [-0.25, -0.2) is 4.98 Å². The molecule has 0 aliphatic rings. The van der Waals surface area contributed by atoms with Crippen molar-refractivity contribution in [1.82, 2.24) is 15.2 Å². The molecule has 0 fully saturated rings. The molecule has 2 aromatic carbocycles. The Hall–Kier alpha value is -2.77. The maximum Gasteiger partial charge on any atom is 0.277 e. The van der Waals surface area contributed by atoms with Crippen molar-refractivity contribution in [3.8, 4) is 0 Å². The number of hydrogen-bond acceptors (Lipinski definition) is 7. The Labute approximate surface area is 183 Å². The molecule has 0 radical (unpaired) electrons. The summed E-state index contributed by atoms with van der Waals surface area (Å²) in [5, 5.41) is 11.2. The Balaban J connectivity index is 1.59. The fourth-order valence-corrected chi connectivity index (χ4v) is 4.57. The molecule has 0 N–H and O–H groups in total. The van der Waals surface area contributed by atoms with Gasteiger partial charge >= 0.3 is 0 Å². The van der Waals surface area contributed by atoms with Crippen LogP contribution in [-0.4, -0.2) is 21.0 Å². The van der Waals surface area contributed by atoms with Crippen LogP contribution in [-0.2, 0) is 6.42 Å². The highest BCUT2D eigenvalue weighted by atomic mass is 32.2. The molecule has 0 amide bonds. The van der Waals surface area contributed by atoms with Crippen molar-refractivity contribution in [2.45, 2.75) is 37.7 Å². The molecule has 7 heteroatoms. The van der Waals surface area contributed by atoms with Crippen LogP contribution in [0.3, 0.4) is 0 Å². The minimum Gasteiger partial charge on any atom is -0.416 e. The Morgan fingerprint density at radius 1 is 1.00 bits per heavy atom. The summed E-state index contributed by atoms with van der Waals surface area (Å²) in [5.74, 6) is 0.506. The zero-order chi connectivity index (χ0) is 21.1. The van der Waals surface area contributed by atoms with E-state index < -0.39 is 5.25 Å². The zero-order valence-corrected chi connectivity index (χ0v) is 18.6. The monoisotopic (exact) mass is 435 g/mol. The van der Waals surface area contributed by atoms with E-state index in [9.17, 15) is 4.79 Å². The van der Waals surface area contributed by atoms with E-state index in [4.69, 9.17) is 4.42 Å². The van der Waals surface area contributed by atoms with E-state index in [0.717, 1.165) is 27.4 Å². The number of thioether (sulfide) groups is 1. The first-order valence-electron chi connectivity index (χ1n) is 9.55. The van der Waals surface area contributed by atoms with Crippen LogP contribution >= 0.6 is 23.1 Å². The number of rotatable bonds is 7. The number of carbonyl (C=O) groups excluding carboxylic acids is 1. The van der Waals surface area contributed by atoms with Gasteiger partial charge in [-0.05, 0) is 38.1 Å². The Morgan fingerprint density at radius 2 is 1.67 bits per heavy atom. The molecule has 152 valence electrons. The van der Waals surface area contributed by atoms with Gasteiger partial charge in [0, 0.05) is 10.9 Å². The second-order valence-corrected chi connectivity index (χ2v) is 9.25. The Morgan fingerprint density at radius 3 is 2.30 bits per heavy atom. The molecule has 30 heavy (non-hydrogen) atoms. The van der Waals surface area contributed by atoms with Gasteiger partial charge < -0.3 is 4.42 Å². The van der Waals surface area contributed by atoms with Gasteiger partial charge in [-0.1, -0.05) is 59.7 Å². The summed E-state index contributed by atoms with van der Waals surface area (Å²) in [7, 11) is 0. The van der Waals surface area contributed by atoms with Crippen LogP contribution in [0.4, 0.5) is 0 Å². The Bertz CT molecular complexity index is 1150. The normalized spacial score (nSPS) is 12.1. The molecule has 0 unspecified atom stereocenters. The highest BCUT2D eigenvalue weighted by Gasteiger charge is 2.26. The summed E-state index contributed by atoms with van der Waals surface area (Å²) in [6, 6.07) is 15.6. The summed E-state index contributed by atoms with van der Waals surface area (Å²) in [6.45, 7) is 5.99. The predicted octanol–water partition coefficient (Wildman–Crippen LogP) is 5.76. The quantitative estimate of drug-likeness (QED) is 0.272. The van der Waals surface area contributed by atoms with Gasteiger partial charge in [0.25, 0.3) is 5.22 Å². The molecule has 4 rings (SSSR count). The summed E-state index contributed by atoms with van der Waals surface area (Å²) >= 11 is 2.87. The number of benzene rings is 2. The predicted molar refractivity (Wildman–Crippen MR) is 119 cm³/mol. The van der Waals surface area contributed by atoms with Gasteiger partial charge in [0.15, 0.2) is 5.78 Å². The van der Waals surface area contributed by atoms with Crippen LogP contribution in [0.25, 0.3) is 0 Å². The molecule has 0 saturated heterocycles. The second-order valence-electron chi connectivity index (χ2n) is 7.14. The van der Waals surface area contributed by atoms with Crippen LogP contribution < -0.4 is 0 Å². The Kier molecular flexibility index (Phi) is 6.11. The van der Waals surface area contributed by atoms with Crippen LogP contribution in [0, 0.1) is 20.8 Å². The molecule has 5 nitrogen and oxygen atoms in total. The van der Waals surface area contributed by atoms with E-state index in [1.165, 1.54) is 11.8 Å². The number of aryl methyl sites for hydroxylation is 3.